The first-order chi connectivity index (χ1) is 11.2. The van der Waals surface area contributed by atoms with E-state index in [-0.39, 0.29) is 6.10 Å². The highest BCUT2D eigenvalue weighted by Crippen LogP contribution is 2.32. The van der Waals surface area contributed by atoms with Gasteiger partial charge in [-0.15, -0.1) is 11.3 Å². The highest BCUT2D eigenvalue weighted by atomic mass is 32.1. The summed E-state index contributed by atoms with van der Waals surface area (Å²) in [6.07, 6.45) is 3.61. The Labute approximate surface area is 141 Å². The van der Waals surface area contributed by atoms with Crippen molar-refractivity contribution in [2.75, 3.05) is 32.8 Å². The zero-order valence-electron chi connectivity index (χ0n) is 13.7. The molecule has 0 aromatic carbocycles. The fraction of sp³-hybridized carbons (Fsp3) is 0.765. The van der Waals surface area contributed by atoms with E-state index in [1.807, 2.05) is 0 Å². The predicted molar refractivity (Wildman–Crippen MR) is 89.3 cm³/mol. The molecule has 0 spiro atoms. The number of nitrogens with zero attached hydrogens (tertiary/aromatic N) is 3. The van der Waals surface area contributed by atoms with E-state index in [2.05, 4.69) is 27.1 Å². The Kier molecular flexibility index (Phi) is 4.39. The number of likely N-dealkylation sites (tertiary alicyclic amines) is 1. The first kappa shape index (κ1) is 15.5. The molecule has 1 aliphatic carbocycles. The van der Waals surface area contributed by atoms with E-state index in [9.17, 15) is 4.79 Å². The number of rotatable bonds is 3. The lowest BCUT2D eigenvalue weighted by atomic mass is 9.84. The molecular weight excluding hydrogens is 310 g/mol. The van der Waals surface area contributed by atoms with Crippen molar-refractivity contribution in [3.63, 3.8) is 0 Å². The number of hydrogen-bond donors (Lipinski definition) is 0. The first-order valence-electron chi connectivity index (χ1n) is 8.73. The van der Waals surface area contributed by atoms with Crippen LogP contribution in [0.5, 0.6) is 0 Å². The van der Waals surface area contributed by atoms with Gasteiger partial charge in [-0.1, -0.05) is 6.42 Å². The summed E-state index contributed by atoms with van der Waals surface area (Å²) in [5.41, 5.74) is 1.16. The van der Waals surface area contributed by atoms with Gasteiger partial charge in [-0.3, -0.25) is 9.69 Å². The quantitative estimate of drug-likeness (QED) is 0.846. The number of carbonyl (C=O) groups excluding carboxylic acids is 1. The highest BCUT2D eigenvalue weighted by molar-refractivity contribution is 7.09. The van der Waals surface area contributed by atoms with E-state index in [1.165, 1.54) is 6.42 Å². The third-order valence-electron chi connectivity index (χ3n) is 5.43. The first-order valence-corrected chi connectivity index (χ1v) is 9.61. The van der Waals surface area contributed by atoms with Crippen LogP contribution in [-0.2, 0) is 16.1 Å². The largest absolute Gasteiger partial charge is 0.375 e. The van der Waals surface area contributed by atoms with E-state index in [1.54, 1.807) is 11.3 Å². The highest BCUT2D eigenvalue weighted by Gasteiger charge is 2.41. The molecule has 0 N–H and O–H groups in total. The van der Waals surface area contributed by atoms with Crippen LogP contribution < -0.4 is 0 Å². The lowest BCUT2D eigenvalue weighted by Gasteiger charge is -2.29. The number of fused-ring (bicyclic) bond motifs is 1. The van der Waals surface area contributed by atoms with Crippen molar-refractivity contribution in [1.29, 1.82) is 0 Å². The maximum Gasteiger partial charge on any atom is 0.225 e. The van der Waals surface area contributed by atoms with Crippen LogP contribution in [0.1, 0.15) is 30.0 Å². The summed E-state index contributed by atoms with van der Waals surface area (Å²) in [7, 11) is 0. The van der Waals surface area contributed by atoms with Crippen molar-refractivity contribution >= 4 is 17.2 Å². The SMILES string of the molecule is Cc1nc(CN2CCO[C@@H]3CN(C(=O)C4CCC4)C[C@@H]3C2)cs1. The minimum atomic E-state index is 0.223. The average Bonchev–Trinajstić information content (AvgIpc) is 2.99. The standard InChI is InChI=1S/C17H25N3O2S/c1-12-18-15(11-23-12)9-19-5-6-22-16-10-20(8-14(16)7-19)17(21)13-3-2-4-13/h11,13-14,16H,2-10H2,1H3/t14-,16+/m0/s1. The molecular formula is C17H25N3O2S. The zero-order chi connectivity index (χ0) is 15.8. The second-order valence-electron chi connectivity index (χ2n) is 7.13. The van der Waals surface area contributed by atoms with Crippen molar-refractivity contribution < 1.29 is 9.53 Å². The summed E-state index contributed by atoms with van der Waals surface area (Å²) < 4.78 is 6.06. The summed E-state index contributed by atoms with van der Waals surface area (Å²) in [6.45, 7) is 7.34. The molecule has 1 amide bonds. The summed E-state index contributed by atoms with van der Waals surface area (Å²) in [4.78, 5) is 21.6. The minimum Gasteiger partial charge on any atom is -0.375 e. The molecule has 0 radical (unpaired) electrons. The lowest BCUT2D eigenvalue weighted by molar-refractivity contribution is -0.137. The van der Waals surface area contributed by atoms with Crippen molar-refractivity contribution in [3.05, 3.63) is 16.1 Å². The van der Waals surface area contributed by atoms with Gasteiger partial charge >= 0.3 is 0 Å². The smallest absolute Gasteiger partial charge is 0.225 e. The summed E-state index contributed by atoms with van der Waals surface area (Å²) in [6, 6.07) is 0. The number of aryl methyl sites for hydroxylation is 1. The van der Waals surface area contributed by atoms with Gasteiger partial charge in [0.05, 0.1) is 23.4 Å². The van der Waals surface area contributed by atoms with Crippen LogP contribution in [0, 0.1) is 18.8 Å². The van der Waals surface area contributed by atoms with Gasteiger partial charge in [-0.05, 0) is 19.8 Å². The monoisotopic (exact) mass is 335 g/mol. The average molecular weight is 335 g/mol. The third kappa shape index (κ3) is 3.30. The van der Waals surface area contributed by atoms with Gasteiger partial charge in [0.25, 0.3) is 0 Å². The maximum absolute atomic E-state index is 12.5. The summed E-state index contributed by atoms with van der Waals surface area (Å²) in [5, 5.41) is 3.28. The van der Waals surface area contributed by atoms with Gasteiger partial charge in [0.15, 0.2) is 0 Å². The fourth-order valence-electron chi connectivity index (χ4n) is 3.91. The van der Waals surface area contributed by atoms with Crippen molar-refractivity contribution in [2.45, 2.75) is 38.8 Å². The number of thiazole rings is 1. The normalized spacial score (nSPS) is 29.2. The van der Waals surface area contributed by atoms with Crippen LogP contribution in [0.3, 0.4) is 0 Å². The molecule has 2 atom stereocenters. The van der Waals surface area contributed by atoms with Crippen molar-refractivity contribution in [2.24, 2.45) is 11.8 Å². The van der Waals surface area contributed by atoms with Gasteiger partial charge in [0.2, 0.25) is 5.91 Å². The molecule has 3 aliphatic rings. The number of carbonyl (C=O) groups is 1. The molecule has 0 bridgehead atoms. The van der Waals surface area contributed by atoms with Crippen molar-refractivity contribution in [3.8, 4) is 0 Å². The molecule has 1 aromatic heterocycles. The lowest BCUT2D eigenvalue weighted by Crippen LogP contribution is -2.39. The Balaban J connectivity index is 1.37. The van der Waals surface area contributed by atoms with E-state index in [0.717, 1.165) is 62.9 Å². The van der Waals surface area contributed by atoms with Crippen LogP contribution in [0.4, 0.5) is 0 Å². The molecule has 1 aromatic rings. The van der Waals surface area contributed by atoms with Gasteiger partial charge in [-0.2, -0.15) is 0 Å². The predicted octanol–water partition coefficient (Wildman–Crippen LogP) is 1.91. The van der Waals surface area contributed by atoms with Crippen LogP contribution >= 0.6 is 11.3 Å². The Morgan fingerprint density at radius 1 is 1.39 bits per heavy atom. The Hall–Kier alpha value is -0.980. The Morgan fingerprint density at radius 2 is 2.26 bits per heavy atom. The number of ether oxygens (including phenoxy) is 1. The van der Waals surface area contributed by atoms with E-state index in [4.69, 9.17) is 4.74 Å². The van der Waals surface area contributed by atoms with Crippen LogP contribution in [-0.4, -0.2) is 59.6 Å². The van der Waals surface area contributed by atoms with E-state index >= 15 is 0 Å². The molecule has 4 rings (SSSR count). The molecule has 3 fully saturated rings. The minimum absolute atomic E-state index is 0.223. The van der Waals surface area contributed by atoms with Crippen LogP contribution in [0.25, 0.3) is 0 Å². The summed E-state index contributed by atoms with van der Waals surface area (Å²) in [5.74, 6) is 1.11. The number of amides is 1. The zero-order valence-corrected chi connectivity index (χ0v) is 14.6. The van der Waals surface area contributed by atoms with Crippen LogP contribution in [0.15, 0.2) is 5.38 Å². The van der Waals surface area contributed by atoms with Crippen LogP contribution in [0.2, 0.25) is 0 Å². The Bertz CT molecular complexity index is 572. The molecule has 6 heteroatoms. The molecule has 0 unspecified atom stereocenters. The Morgan fingerprint density at radius 3 is 2.96 bits per heavy atom. The van der Waals surface area contributed by atoms with Gasteiger partial charge < -0.3 is 9.64 Å². The summed E-state index contributed by atoms with van der Waals surface area (Å²) >= 11 is 1.71. The topological polar surface area (TPSA) is 45.7 Å². The van der Waals surface area contributed by atoms with E-state index < -0.39 is 0 Å². The maximum atomic E-state index is 12.5. The van der Waals surface area contributed by atoms with Gasteiger partial charge in [0, 0.05) is 49.9 Å². The molecule has 5 nitrogen and oxygen atoms in total. The van der Waals surface area contributed by atoms with Crippen molar-refractivity contribution in [1.82, 2.24) is 14.8 Å². The molecule has 126 valence electrons. The van der Waals surface area contributed by atoms with Gasteiger partial charge in [0.1, 0.15) is 0 Å². The molecule has 2 saturated heterocycles. The molecule has 2 aliphatic heterocycles. The molecule has 23 heavy (non-hydrogen) atoms. The molecule has 3 heterocycles. The molecule has 1 saturated carbocycles. The second kappa shape index (κ2) is 6.49. The van der Waals surface area contributed by atoms with Gasteiger partial charge in [-0.25, -0.2) is 4.98 Å². The number of aromatic nitrogens is 1. The fourth-order valence-corrected chi connectivity index (χ4v) is 4.51. The number of hydrogen-bond acceptors (Lipinski definition) is 5. The third-order valence-corrected chi connectivity index (χ3v) is 6.25. The van der Waals surface area contributed by atoms with E-state index in [0.29, 0.717) is 17.7 Å². The second-order valence-corrected chi connectivity index (χ2v) is 8.20.